The minimum atomic E-state index is -1.04. The maximum Gasteiger partial charge on any atom is 0.335 e. The van der Waals surface area contributed by atoms with Crippen molar-refractivity contribution in [2.75, 3.05) is 0 Å². The molecule has 1 aliphatic heterocycles. The first kappa shape index (κ1) is 12.4. The number of benzene rings is 1. The lowest BCUT2D eigenvalue weighted by Crippen LogP contribution is -2.39. The van der Waals surface area contributed by atoms with E-state index in [1.807, 2.05) is 0 Å². The number of hydrogen-bond donors (Lipinski definition) is 2. The SMILES string of the molecule is O=C1CCC(c2coc3cc(C(=O)O)ccc23)C(=O)N1. The van der Waals surface area contributed by atoms with Crippen molar-refractivity contribution in [3.8, 4) is 0 Å². The van der Waals surface area contributed by atoms with Crippen molar-refractivity contribution < 1.29 is 23.9 Å². The van der Waals surface area contributed by atoms with Gasteiger partial charge in [-0.1, -0.05) is 0 Å². The van der Waals surface area contributed by atoms with E-state index in [1.165, 1.54) is 18.4 Å². The van der Waals surface area contributed by atoms with E-state index in [-0.39, 0.29) is 23.8 Å². The first-order valence-electron chi connectivity index (χ1n) is 6.14. The molecule has 0 saturated carbocycles. The molecule has 3 rings (SSSR count). The van der Waals surface area contributed by atoms with E-state index >= 15 is 0 Å². The Balaban J connectivity index is 2.02. The number of aromatic carboxylic acids is 1. The molecule has 1 unspecified atom stereocenters. The maximum atomic E-state index is 11.9. The Kier molecular flexibility index (Phi) is 2.78. The standard InChI is InChI=1S/C14H11NO5/c16-12-4-3-9(13(17)15-12)10-6-20-11-5-7(14(18)19)1-2-8(10)11/h1-2,5-6,9H,3-4H2,(H,18,19)(H,15,16,17). The Bertz CT molecular complexity index is 730. The van der Waals surface area contributed by atoms with Crippen molar-refractivity contribution in [1.82, 2.24) is 5.32 Å². The summed E-state index contributed by atoms with van der Waals surface area (Å²) in [6.45, 7) is 0. The molecule has 1 aromatic heterocycles. The summed E-state index contributed by atoms with van der Waals surface area (Å²) in [6, 6.07) is 4.52. The van der Waals surface area contributed by atoms with Crippen molar-refractivity contribution in [3.63, 3.8) is 0 Å². The summed E-state index contributed by atoms with van der Waals surface area (Å²) < 4.78 is 5.34. The zero-order valence-corrected chi connectivity index (χ0v) is 10.4. The van der Waals surface area contributed by atoms with E-state index in [9.17, 15) is 14.4 Å². The van der Waals surface area contributed by atoms with E-state index < -0.39 is 11.9 Å². The van der Waals surface area contributed by atoms with Gasteiger partial charge >= 0.3 is 5.97 Å². The van der Waals surface area contributed by atoms with Crippen LogP contribution in [0, 0.1) is 0 Å². The minimum Gasteiger partial charge on any atom is -0.478 e. The number of hydrogen-bond acceptors (Lipinski definition) is 4. The third-order valence-electron chi connectivity index (χ3n) is 3.47. The summed E-state index contributed by atoms with van der Waals surface area (Å²) in [5, 5.41) is 11.9. The molecule has 2 N–H and O–H groups in total. The molecule has 102 valence electrons. The predicted octanol–water partition coefficient (Wildman–Crippen LogP) is 1.65. The molecule has 20 heavy (non-hydrogen) atoms. The van der Waals surface area contributed by atoms with E-state index in [1.54, 1.807) is 6.07 Å². The van der Waals surface area contributed by atoms with Crippen LogP contribution >= 0.6 is 0 Å². The van der Waals surface area contributed by atoms with Crippen molar-refractivity contribution in [2.24, 2.45) is 0 Å². The fraction of sp³-hybridized carbons (Fsp3) is 0.214. The average Bonchev–Trinajstić information content (AvgIpc) is 2.81. The van der Waals surface area contributed by atoms with Gasteiger partial charge in [0.05, 0.1) is 17.7 Å². The minimum absolute atomic E-state index is 0.127. The number of piperidine rings is 1. The van der Waals surface area contributed by atoms with Crippen LogP contribution < -0.4 is 5.32 Å². The predicted molar refractivity (Wildman–Crippen MR) is 68.3 cm³/mol. The number of carboxylic acid groups (broad SMARTS) is 1. The summed E-state index contributed by atoms with van der Waals surface area (Å²) in [5.41, 5.74) is 1.23. The number of nitrogens with one attached hydrogen (secondary N) is 1. The van der Waals surface area contributed by atoms with Gasteiger partial charge in [-0.05, 0) is 24.6 Å². The van der Waals surface area contributed by atoms with E-state index in [4.69, 9.17) is 9.52 Å². The molecule has 0 radical (unpaired) electrons. The maximum absolute atomic E-state index is 11.9. The molecule has 6 nitrogen and oxygen atoms in total. The monoisotopic (exact) mass is 273 g/mol. The molecule has 1 saturated heterocycles. The largest absolute Gasteiger partial charge is 0.478 e. The molecular formula is C14H11NO5. The molecule has 1 aromatic carbocycles. The molecule has 0 aliphatic carbocycles. The van der Waals surface area contributed by atoms with Crippen molar-refractivity contribution in [3.05, 3.63) is 35.6 Å². The molecule has 1 atom stereocenters. The van der Waals surface area contributed by atoms with Gasteiger partial charge < -0.3 is 9.52 Å². The Morgan fingerprint density at radius 3 is 2.85 bits per heavy atom. The van der Waals surface area contributed by atoms with Crippen LogP contribution in [0.4, 0.5) is 0 Å². The van der Waals surface area contributed by atoms with Crippen LogP contribution in [0.25, 0.3) is 11.0 Å². The molecule has 0 bridgehead atoms. The van der Waals surface area contributed by atoms with Gasteiger partial charge in [0.15, 0.2) is 0 Å². The second kappa shape index (κ2) is 4.48. The molecule has 1 aliphatic rings. The second-order valence-electron chi connectivity index (χ2n) is 4.71. The highest BCUT2D eigenvalue weighted by Gasteiger charge is 2.30. The number of fused-ring (bicyclic) bond motifs is 1. The van der Waals surface area contributed by atoms with Crippen LogP contribution in [0.5, 0.6) is 0 Å². The summed E-state index contributed by atoms with van der Waals surface area (Å²) >= 11 is 0. The number of carbonyl (C=O) groups excluding carboxylic acids is 2. The van der Waals surface area contributed by atoms with Crippen LogP contribution in [0.1, 0.15) is 34.7 Å². The lowest BCUT2D eigenvalue weighted by molar-refractivity contribution is -0.134. The zero-order valence-electron chi connectivity index (χ0n) is 10.4. The fourth-order valence-electron chi connectivity index (χ4n) is 2.44. The van der Waals surface area contributed by atoms with Crippen LogP contribution in [-0.4, -0.2) is 22.9 Å². The van der Waals surface area contributed by atoms with Crippen molar-refractivity contribution in [1.29, 1.82) is 0 Å². The zero-order chi connectivity index (χ0) is 14.3. The molecule has 2 amide bonds. The number of carboxylic acids is 1. The highest BCUT2D eigenvalue weighted by atomic mass is 16.4. The first-order valence-corrected chi connectivity index (χ1v) is 6.14. The quantitative estimate of drug-likeness (QED) is 0.811. The summed E-state index contributed by atoms with van der Waals surface area (Å²) in [7, 11) is 0. The number of amides is 2. The van der Waals surface area contributed by atoms with Gasteiger partial charge in [0.2, 0.25) is 11.8 Å². The lowest BCUT2D eigenvalue weighted by atomic mass is 9.90. The molecular weight excluding hydrogens is 262 g/mol. The van der Waals surface area contributed by atoms with Crippen molar-refractivity contribution in [2.45, 2.75) is 18.8 Å². The molecule has 1 fully saturated rings. The molecule has 0 spiro atoms. The van der Waals surface area contributed by atoms with Gasteiger partial charge in [-0.2, -0.15) is 0 Å². The van der Waals surface area contributed by atoms with Crippen LogP contribution in [-0.2, 0) is 9.59 Å². The smallest absolute Gasteiger partial charge is 0.335 e. The van der Waals surface area contributed by atoms with Gasteiger partial charge in [-0.15, -0.1) is 0 Å². The molecule has 2 heterocycles. The Labute approximate surface area is 113 Å². The van der Waals surface area contributed by atoms with E-state index in [0.717, 1.165) is 0 Å². The van der Waals surface area contributed by atoms with Gasteiger partial charge in [0.25, 0.3) is 0 Å². The fourth-order valence-corrected chi connectivity index (χ4v) is 2.44. The van der Waals surface area contributed by atoms with Crippen molar-refractivity contribution >= 4 is 28.8 Å². The third kappa shape index (κ3) is 1.95. The molecule has 2 aromatic rings. The number of imide groups is 1. The van der Waals surface area contributed by atoms with E-state index in [0.29, 0.717) is 23.0 Å². The molecule has 6 heteroatoms. The normalized spacial score (nSPS) is 19.1. The van der Waals surface area contributed by atoms with Gasteiger partial charge in [-0.25, -0.2) is 4.79 Å². The van der Waals surface area contributed by atoms with Crippen LogP contribution in [0.15, 0.2) is 28.9 Å². The van der Waals surface area contributed by atoms with Crippen LogP contribution in [0.3, 0.4) is 0 Å². The Hall–Kier alpha value is -2.63. The third-order valence-corrected chi connectivity index (χ3v) is 3.47. The van der Waals surface area contributed by atoms with Crippen LogP contribution in [0.2, 0.25) is 0 Å². The Morgan fingerprint density at radius 2 is 2.15 bits per heavy atom. The van der Waals surface area contributed by atoms with E-state index in [2.05, 4.69) is 5.32 Å². The topological polar surface area (TPSA) is 96.6 Å². The highest BCUT2D eigenvalue weighted by Crippen LogP contribution is 2.32. The lowest BCUT2D eigenvalue weighted by Gasteiger charge is -2.19. The summed E-state index contributed by atoms with van der Waals surface area (Å²) in [5.74, 6) is -2.09. The Morgan fingerprint density at radius 1 is 1.35 bits per heavy atom. The number of rotatable bonds is 2. The number of carbonyl (C=O) groups is 3. The second-order valence-corrected chi connectivity index (χ2v) is 4.71. The van der Waals surface area contributed by atoms with Gasteiger partial charge in [-0.3, -0.25) is 14.9 Å². The summed E-state index contributed by atoms with van der Waals surface area (Å²) in [6.07, 6.45) is 2.17. The average molecular weight is 273 g/mol. The highest BCUT2D eigenvalue weighted by molar-refractivity contribution is 6.03. The van der Waals surface area contributed by atoms with Gasteiger partial charge in [0, 0.05) is 17.4 Å². The summed E-state index contributed by atoms with van der Waals surface area (Å²) in [4.78, 5) is 33.9. The number of furan rings is 1. The first-order chi connectivity index (χ1) is 9.56. The van der Waals surface area contributed by atoms with Gasteiger partial charge in [0.1, 0.15) is 5.58 Å².